The SMILES string of the molecule is NCC(=O)N1CCCC(OCC(=O)N2CCCC2)C1. The van der Waals surface area contributed by atoms with Crippen molar-refractivity contribution >= 4 is 11.8 Å². The molecule has 2 aliphatic rings. The average Bonchev–Trinajstić information content (AvgIpc) is 2.98. The first-order valence-corrected chi connectivity index (χ1v) is 7.08. The Balaban J connectivity index is 1.73. The number of piperidine rings is 1. The minimum Gasteiger partial charge on any atom is -0.367 e. The van der Waals surface area contributed by atoms with E-state index >= 15 is 0 Å². The van der Waals surface area contributed by atoms with Crippen LogP contribution >= 0.6 is 0 Å². The number of nitrogens with zero attached hydrogens (tertiary/aromatic N) is 2. The molecule has 0 bridgehead atoms. The van der Waals surface area contributed by atoms with Gasteiger partial charge < -0.3 is 20.3 Å². The van der Waals surface area contributed by atoms with E-state index in [-0.39, 0.29) is 31.1 Å². The molecule has 0 aromatic carbocycles. The van der Waals surface area contributed by atoms with Crippen molar-refractivity contribution in [2.75, 3.05) is 39.3 Å². The van der Waals surface area contributed by atoms with Crippen molar-refractivity contribution in [3.05, 3.63) is 0 Å². The van der Waals surface area contributed by atoms with Crippen LogP contribution in [0.5, 0.6) is 0 Å². The van der Waals surface area contributed by atoms with Crippen molar-refractivity contribution in [1.29, 1.82) is 0 Å². The van der Waals surface area contributed by atoms with Crippen molar-refractivity contribution in [1.82, 2.24) is 9.80 Å². The van der Waals surface area contributed by atoms with Gasteiger partial charge in [-0.1, -0.05) is 0 Å². The van der Waals surface area contributed by atoms with Crippen molar-refractivity contribution in [3.63, 3.8) is 0 Å². The Morgan fingerprint density at radius 2 is 1.74 bits per heavy atom. The summed E-state index contributed by atoms with van der Waals surface area (Å²) in [5.74, 6) is 0.0268. The Bertz CT molecular complexity index is 329. The van der Waals surface area contributed by atoms with Gasteiger partial charge in [-0.15, -0.1) is 0 Å². The van der Waals surface area contributed by atoms with Gasteiger partial charge in [-0.2, -0.15) is 0 Å². The van der Waals surface area contributed by atoms with E-state index in [4.69, 9.17) is 10.5 Å². The Morgan fingerprint density at radius 3 is 2.42 bits per heavy atom. The predicted octanol–water partition coefficient (Wildman–Crippen LogP) is -0.425. The monoisotopic (exact) mass is 269 g/mol. The minimum atomic E-state index is -0.0424. The van der Waals surface area contributed by atoms with E-state index < -0.39 is 0 Å². The molecule has 108 valence electrons. The molecule has 2 N–H and O–H groups in total. The molecule has 2 saturated heterocycles. The number of rotatable bonds is 4. The van der Waals surface area contributed by atoms with Crippen LogP contribution in [0.25, 0.3) is 0 Å². The molecule has 2 rings (SSSR count). The second-order valence-corrected chi connectivity index (χ2v) is 5.21. The summed E-state index contributed by atoms with van der Waals surface area (Å²) >= 11 is 0. The number of hydrogen-bond donors (Lipinski definition) is 1. The number of carbonyl (C=O) groups excluding carboxylic acids is 2. The summed E-state index contributed by atoms with van der Waals surface area (Å²) in [4.78, 5) is 27.0. The Labute approximate surface area is 113 Å². The fraction of sp³-hybridized carbons (Fsp3) is 0.846. The van der Waals surface area contributed by atoms with E-state index in [1.807, 2.05) is 4.90 Å². The van der Waals surface area contributed by atoms with Crippen LogP contribution in [0.4, 0.5) is 0 Å². The highest BCUT2D eigenvalue weighted by Gasteiger charge is 2.25. The van der Waals surface area contributed by atoms with E-state index in [9.17, 15) is 9.59 Å². The van der Waals surface area contributed by atoms with Gasteiger partial charge >= 0.3 is 0 Å². The van der Waals surface area contributed by atoms with Crippen LogP contribution < -0.4 is 5.73 Å². The lowest BCUT2D eigenvalue weighted by Gasteiger charge is -2.32. The zero-order valence-corrected chi connectivity index (χ0v) is 11.3. The summed E-state index contributed by atoms with van der Waals surface area (Å²) in [5, 5.41) is 0. The van der Waals surface area contributed by atoms with Gasteiger partial charge in [0.05, 0.1) is 12.6 Å². The molecular formula is C13H23N3O3. The van der Waals surface area contributed by atoms with Gasteiger partial charge in [0.1, 0.15) is 6.61 Å². The first kappa shape index (κ1) is 14.3. The quantitative estimate of drug-likeness (QED) is 0.752. The third-order valence-corrected chi connectivity index (χ3v) is 3.81. The smallest absolute Gasteiger partial charge is 0.248 e. The van der Waals surface area contributed by atoms with Crippen LogP contribution in [0, 0.1) is 0 Å². The zero-order valence-electron chi connectivity index (χ0n) is 11.3. The predicted molar refractivity (Wildman–Crippen MR) is 70.4 cm³/mol. The summed E-state index contributed by atoms with van der Waals surface area (Å²) in [5.41, 5.74) is 5.36. The third-order valence-electron chi connectivity index (χ3n) is 3.81. The summed E-state index contributed by atoms with van der Waals surface area (Å²) < 4.78 is 5.66. The number of likely N-dealkylation sites (tertiary alicyclic amines) is 2. The molecule has 0 saturated carbocycles. The van der Waals surface area contributed by atoms with Gasteiger partial charge in [-0.25, -0.2) is 0 Å². The van der Waals surface area contributed by atoms with Crippen LogP contribution in [0.2, 0.25) is 0 Å². The van der Waals surface area contributed by atoms with Gasteiger partial charge in [-0.05, 0) is 25.7 Å². The van der Waals surface area contributed by atoms with E-state index in [2.05, 4.69) is 0 Å². The Hall–Kier alpha value is -1.14. The molecule has 1 atom stereocenters. The van der Waals surface area contributed by atoms with E-state index in [0.717, 1.165) is 45.3 Å². The molecule has 0 aromatic rings. The number of ether oxygens (including phenoxy) is 1. The number of amides is 2. The fourth-order valence-electron chi connectivity index (χ4n) is 2.68. The first-order chi connectivity index (χ1) is 9.20. The van der Waals surface area contributed by atoms with Gasteiger partial charge in [0.15, 0.2) is 0 Å². The van der Waals surface area contributed by atoms with Gasteiger partial charge in [0, 0.05) is 26.2 Å². The molecule has 2 aliphatic heterocycles. The van der Waals surface area contributed by atoms with Crippen LogP contribution in [-0.2, 0) is 14.3 Å². The average molecular weight is 269 g/mol. The van der Waals surface area contributed by atoms with E-state index in [0.29, 0.717) is 6.54 Å². The lowest BCUT2D eigenvalue weighted by Crippen LogP contribution is -2.46. The fourth-order valence-corrected chi connectivity index (χ4v) is 2.68. The second kappa shape index (κ2) is 6.86. The molecular weight excluding hydrogens is 246 g/mol. The molecule has 2 heterocycles. The largest absolute Gasteiger partial charge is 0.367 e. The summed E-state index contributed by atoms with van der Waals surface area (Å²) in [6, 6.07) is 0. The topological polar surface area (TPSA) is 75.9 Å². The molecule has 6 heteroatoms. The first-order valence-electron chi connectivity index (χ1n) is 7.08. The molecule has 0 aliphatic carbocycles. The highest BCUT2D eigenvalue weighted by atomic mass is 16.5. The standard InChI is InChI=1S/C13H23N3O3/c14-8-12(17)16-7-3-4-11(9-16)19-10-13(18)15-5-1-2-6-15/h11H,1-10,14H2. The highest BCUT2D eigenvalue weighted by Crippen LogP contribution is 2.14. The normalized spacial score (nSPS) is 23.7. The third kappa shape index (κ3) is 3.91. The lowest BCUT2D eigenvalue weighted by atomic mass is 10.1. The number of hydrogen-bond acceptors (Lipinski definition) is 4. The molecule has 0 aromatic heterocycles. The van der Waals surface area contributed by atoms with Crippen molar-refractivity contribution < 1.29 is 14.3 Å². The minimum absolute atomic E-state index is 0.0317. The molecule has 2 fully saturated rings. The number of carbonyl (C=O) groups is 2. The zero-order chi connectivity index (χ0) is 13.7. The molecule has 1 unspecified atom stereocenters. The summed E-state index contributed by atoms with van der Waals surface area (Å²) in [6.45, 7) is 3.18. The Morgan fingerprint density at radius 1 is 1.05 bits per heavy atom. The highest BCUT2D eigenvalue weighted by molar-refractivity contribution is 5.78. The summed E-state index contributed by atoms with van der Waals surface area (Å²) in [6.07, 6.45) is 3.97. The van der Waals surface area contributed by atoms with Crippen molar-refractivity contribution in [3.8, 4) is 0 Å². The maximum Gasteiger partial charge on any atom is 0.248 e. The van der Waals surface area contributed by atoms with Crippen LogP contribution in [0.3, 0.4) is 0 Å². The van der Waals surface area contributed by atoms with Crippen LogP contribution in [0.15, 0.2) is 0 Å². The van der Waals surface area contributed by atoms with E-state index in [1.54, 1.807) is 4.90 Å². The molecule has 6 nitrogen and oxygen atoms in total. The van der Waals surface area contributed by atoms with Gasteiger partial charge in [-0.3, -0.25) is 9.59 Å². The molecule has 2 amide bonds. The van der Waals surface area contributed by atoms with Gasteiger partial charge in [0.2, 0.25) is 11.8 Å². The van der Waals surface area contributed by atoms with Crippen LogP contribution in [-0.4, -0.2) is 67.0 Å². The van der Waals surface area contributed by atoms with E-state index in [1.165, 1.54) is 0 Å². The van der Waals surface area contributed by atoms with Crippen molar-refractivity contribution in [2.45, 2.75) is 31.8 Å². The van der Waals surface area contributed by atoms with Gasteiger partial charge in [0.25, 0.3) is 0 Å². The Kier molecular flexibility index (Phi) is 5.15. The summed E-state index contributed by atoms with van der Waals surface area (Å²) in [7, 11) is 0. The maximum atomic E-state index is 11.9. The second-order valence-electron chi connectivity index (χ2n) is 5.21. The van der Waals surface area contributed by atoms with Crippen LogP contribution in [0.1, 0.15) is 25.7 Å². The molecule has 0 spiro atoms. The molecule has 0 radical (unpaired) electrons. The molecule has 19 heavy (non-hydrogen) atoms. The van der Waals surface area contributed by atoms with Crippen molar-refractivity contribution in [2.24, 2.45) is 5.73 Å². The maximum absolute atomic E-state index is 11.9. The number of nitrogens with two attached hydrogens (primary N) is 1. The lowest BCUT2D eigenvalue weighted by molar-refractivity contribution is -0.140.